The standard InChI is InChI=1S/C18H18F3NO3S/c1-2-22(16-6-4-3-5-7-16)17(23)13-26(24,25)12-14-8-10-15(11-9-14)18(19,20)21/h3-11H,2,12-13H2,1H3. The van der Waals surface area contributed by atoms with E-state index < -0.39 is 39.0 Å². The lowest BCUT2D eigenvalue weighted by molar-refractivity contribution is -0.137. The minimum absolute atomic E-state index is 0.202. The Hall–Kier alpha value is -2.35. The first-order valence-electron chi connectivity index (χ1n) is 7.84. The number of rotatable bonds is 6. The largest absolute Gasteiger partial charge is 0.416 e. The molecular formula is C18H18F3NO3S. The lowest BCUT2D eigenvalue weighted by atomic mass is 10.1. The maximum Gasteiger partial charge on any atom is 0.416 e. The number of anilines is 1. The van der Waals surface area contributed by atoms with Crippen molar-refractivity contribution in [3.63, 3.8) is 0 Å². The van der Waals surface area contributed by atoms with Crippen molar-refractivity contribution in [2.75, 3.05) is 17.2 Å². The predicted octanol–water partition coefficient (Wildman–Crippen LogP) is 3.67. The lowest BCUT2D eigenvalue weighted by Crippen LogP contribution is -2.36. The Labute approximate surface area is 150 Å². The summed E-state index contributed by atoms with van der Waals surface area (Å²) in [6.45, 7) is 2.03. The third kappa shape index (κ3) is 5.32. The van der Waals surface area contributed by atoms with Gasteiger partial charge in [0.2, 0.25) is 5.91 Å². The molecule has 0 aliphatic heterocycles. The normalized spacial score (nSPS) is 12.0. The summed E-state index contributed by atoms with van der Waals surface area (Å²) in [4.78, 5) is 13.7. The first kappa shape index (κ1) is 20.0. The number of carbonyl (C=O) groups excluding carboxylic acids is 1. The molecule has 0 atom stereocenters. The summed E-state index contributed by atoms with van der Waals surface area (Å²) in [6.07, 6.45) is -4.48. The fraction of sp³-hybridized carbons (Fsp3) is 0.278. The Kier molecular flexibility index (Phi) is 6.07. The maximum atomic E-state index is 12.6. The molecule has 0 bridgehead atoms. The number of carbonyl (C=O) groups is 1. The van der Waals surface area contributed by atoms with Crippen molar-refractivity contribution in [1.82, 2.24) is 0 Å². The summed E-state index contributed by atoms with van der Waals surface area (Å²) in [5.74, 6) is -1.79. The van der Waals surface area contributed by atoms with E-state index in [1.165, 1.54) is 4.90 Å². The number of sulfone groups is 1. The Morgan fingerprint density at radius 2 is 1.58 bits per heavy atom. The Balaban J connectivity index is 2.09. The third-order valence-electron chi connectivity index (χ3n) is 3.70. The molecule has 0 saturated heterocycles. The summed E-state index contributed by atoms with van der Waals surface area (Å²) in [5, 5.41) is 0. The maximum absolute atomic E-state index is 12.6. The van der Waals surface area contributed by atoms with Crippen molar-refractivity contribution in [2.45, 2.75) is 18.9 Å². The van der Waals surface area contributed by atoms with Crippen molar-refractivity contribution >= 4 is 21.4 Å². The molecule has 0 heterocycles. The predicted molar refractivity (Wildman–Crippen MR) is 93.4 cm³/mol. The summed E-state index contributed by atoms with van der Waals surface area (Å²) < 4.78 is 62.2. The van der Waals surface area contributed by atoms with Gasteiger partial charge in [-0.3, -0.25) is 4.79 Å². The van der Waals surface area contributed by atoms with E-state index in [-0.39, 0.29) is 5.56 Å². The van der Waals surface area contributed by atoms with Crippen LogP contribution in [-0.2, 0) is 26.6 Å². The van der Waals surface area contributed by atoms with Crippen LogP contribution < -0.4 is 4.90 Å². The van der Waals surface area contributed by atoms with E-state index in [9.17, 15) is 26.4 Å². The van der Waals surface area contributed by atoms with Crippen molar-refractivity contribution in [3.8, 4) is 0 Å². The van der Waals surface area contributed by atoms with Crippen LogP contribution in [0.3, 0.4) is 0 Å². The molecule has 140 valence electrons. The number of amides is 1. The number of para-hydroxylation sites is 1. The van der Waals surface area contributed by atoms with Gasteiger partial charge in [-0.05, 0) is 36.8 Å². The number of halogens is 3. The Bertz CT molecular complexity index is 848. The number of hydrogen-bond acceptors (Lipinski definition) is 3. The van der Waals surface area contributed by atoms with E-state index >= 15 is 0 Å². The van der Waals surface area contributed by atoms with E-state index in [0.29, 0.717) is 12.2 Å². The van der Waals surface area contributed by atoms with Gasteiger partial charge in [-0.25, -0.2) is 8.42 Å². The molecule has 8 heteroatoms. The molecule has 0 spiro atoms. The molecule has 1 amide bonds. The second-order valence-corrected chi connectivity index (χ2v) is 7.76. The van der Waals surface area contributed by atoms with Crippen LogP contribution in [0.2, 0.25) is 0 Å². The number of alkyl halides is 3. The molecule has 2 rings (SSSR count). The van der Waals surface area contributed by atoms with Gasteiger partial charge in [0.1, 0.15) is 5.75 Å². The topological polar surface area (TPSA) is 54.5 Å². The van der Waals surface area contributed by atoms with Crippen LogP contribution >= 0.6 is 0 Å². The number of benzene rings is 2. The van der Waals surface area contributed by atoms with Crippen molar-refractivity contribution < 1.29 is 26.4 Å². The van der Waals surface area contributed by atoms with E-state index in [1.807, 2.05) is 0 Å². The average molecular weight is 385 g/mol. The van der Waals surface area contributed by atoms with E-state index in [1.54, 1.807) is 37.3 Å². The molecule has 0 unspecified atom stereocenters. The Morgan fingerprint density at radius 3 is 2.08 bits per heavy atom. The van der Waals surface area contributed by atoms with Crippen molar-refractivity contribution in [1.29, 1.82) is 0 Å². The van der Waals surface area contributed by atoms with E-state index in [2.05, 4.69) is 0 Å². The van der Waals surface area contributed by atoms with Crippen LogP contribution in [0.25, 0.3) is 0 Å². The molecular weight excluding hydrogens is 367 g/mol. The number of hydrogen-bond donors (Lipinski definition) is 0. The van der Waals surface area contributed by atoms with Gasteiger partial charge >= 0.3 is 6.18 Å². The molecule has 0 radical (unpaired) electrons. The molecule has 26 heavy (non-hydrogen) atoms. The zero-order valence-corrected chi connectivity index (χ0v) is 14.8. The van der Waals surface area contributed by atoms with E-state index in [0.717, 1.165) is 24.3 Å². The van der Waals surface area contributed by atoms with Crippen molar-refractivity contribution in [2.24, 2.45) is 0 Å². The lowest BCUT2D eigenvalue weighted by Gasteiger charge is -2.21. The van der Waals surface area contributed by atoms with Crippen LogP contribution in [0.5, 0.6) is 0 Å². The minimum atomic E-state index is -4.48. The number of nitrogens with zero attached hydrogens (tertiary/aromatic N) is 1. The highest BCUT2D eigenvalue weighted by atomic mass is 32.2. The monoisotopic (exact) mass is 385 g/mol. The summed E-state index contributed by atoms with van der Waals surface area (Å²) in [5.41, 5.74) is -0.0609. The highest BCUT2D eigenvalue weighted by molar-refractivity contribution is 7.91. The van der Waals surface area contributed by atoms with Gasteiger partial charge in [0.05, 0.1) is 11.3 Å². The molecule has 2 aromatic rings. The van der Waals surface area contributed by atoms with Crippen molar-refractivity contribution in [3.05, 3.63) is 65.7 Å². The average Bonchev–Trinajstić information content (AvgIpc) is 2.55. The molecule has 0 aliphatic carbocycles. The van der Waals surface area contributed by atoms with Crippen LogP contribution in [0.1, 0.15) is 18.1 Å². The molecule has 0 aromatic heterocycles. The van der Waals surface area contributed by atoms with Gasteiger partial charge in [-0.2, -0.15) is 13.2 Å². The zero-order chi connectivity index (χ0) is 19.4. The zero-order valence-electron chi connectivity index (χ0n) is 14.0. The fourth-order valence-corrected chi connectivity index (χ4v) is 3.81. The summed E-state index contributed by atoms with van der Waals surface area (Å²) >= 11 is 0. The SMILES string of the molecule is CCN(C(=O)CS(=O)(=O)Cc1ccc(C(F)(F)F)cc1)c1ccccc1. The molecule has 0 N–H and O–H groups in total. The van der Waals surface area contributed by atoms with Crippen LogP contribution in [0.15, 0.2) is 54.6 Å². The molecule has 2 aromatic carbocycles. The second-order valence-electron chi connectivity index (χ2n) is 5.70. The van der Waals surface area contributed by atoms with Crippen LogP contribution in [0, 0.1) is 0 Å². The highest BCUT2D eigenvalue weighted by Crippen LogP contribution is 2.29. The van der Waals surface area contributed by atoms with Gasteiger partial charge in [0, 0.05) is 12.2 Å². The second kappa shape index (κ2) is 7.90. The summed E-state index contributed by atoms with van der Waals surface area (Å²) in [7, 11) is -3.82. The first-order chi connectivity index (χ1) is 12.1. The van der Waals surface area contributed by atoms with Crippen LogP contribution in [0.4, 0.5) is 18.9 Å². The van der Waals surface area contributed by atoms with Gasteiger partial charge < -0.3 is 4.90 Å². The highest BCUT2D eigenvalue weighted by Gasteiger charge is 2.30. The smallest absolute Gasteiger partial charge is 0.312 e. The molecule has 0 aliphatic rings. The molecule has 0 saturated carbocycles. The quantitative estimate of drug-likeness (QED) is 0.762. The van der Waals surface area contributed by atoms with Crippen LogP contribution in [-0.4, -0.2) is 26.6 Å². The van der Waals surface area contributed by atoms with Gasteiger partial charge in [0.25, 0.3) is 0 Å². The van der Waals surface area contributed by atoms with Gasteiger partial charge in [-0.1, -0.05) is 30.3 Å². The van der Waals surface area contributed by atoms with Gasteiger partial charge in [-0.15, -0.1) is 0 Å². The Morgan fingerprint density at radius 1 is 1.00 bits per heavy atom. The third-order valence-corrected chi connectivity index (χ3v) is 5.16. The first-order valence-corrected chi connectivity index (χ1v) is 9.66. The minimum Gasteiger partial charge on any atom is -0.312 e. The fourth-order valence-electron chi connectivity index (χ4n) is 2.47. The molecule has 0 fully saturated rings. The molecule has 4 nitrogen and oxygen atoms in total. The summed E-state index contributed by atoms with van der Waals surface area (Å²) in [6, 6.07) is 12.5. The van der Waals surface area contributed by atoms with Gasteiger partial charge in [0.15, 0.2) is 9.84 Å². The van der Waals surface area contributed by atoms with E-state index in [4.69, 9.17) is 0 Å².